The second kappa shape index (κ2) is 18.5. The molecule has 11 nitrogen and oxygen atoms in total. The van der Waals surface area contributed by atoms with E-state index in [4.69, 9.17) is 28.9 Å². The molecule has 0 aliphatic carbocycles. The van der Waals surface area contributed by atoms with Crippen LogP contribution in [0.4, 0.5) is 19.3 Å². The number of urea groups is 1. The average Bonchev–Trinajstić information content (AvgIpc) is 3.81. The molecule has 15 heteroatoms. The standard InChI is InChI=1S/C40H42Cl2F2N8O3/c41-31-7-5-8-32(42)30(31)24-52-23-26(22-51-16-3-4-17-51)29-11-10-27(20-37(29)52)48-40(55)50-36(19-25-9-12-33(43)34(44)18-25)39(54)49-35(13-14-45)38(53)47-21-28-6-1-2-15-46-28/h1-2,5-12,15,18,20,23,35-36H,3-4,13-14,16-17,19,21-22,24,45H2,(H,47,53)(H,49,54)(H2,48,50,55)/t35-,36-/m0/s1. The molecule has 6 N–H and O–H groups in total. The Bertz CT molecular complexity index is 2130. The molecule has 5 aromatic rings. The second-order valence-corrected chi connectivity index (χ2v) is 14.3. The van der Waals surface area contributed by atoms with E-state index in [9.17, 15) is 23.2 Å². The van der Waals surface area contributed by atoms with Crippen molar-refractivity contribution < 1.29 is 23.2 Å². The van der Waals surface area contributed by atoms with Crippen LogP contribution in [0.15, 0.2) is 85.2 Å². The first-order chi connectivity index (χ1) is 26.6. The lowest BCUT2D eigenvalue weighted by Crippen LogP contribution is -2.55. The van der Waals surface area contributed by atoms with E-state index in [1.54, 1.807) is 48.7 Å². The summed E-state index contributed by atoms with van der Waals surface area (Å²) in [6.45, 7) is 3.39. The molecule has 1 aliphatic rings. The van der Waals surface area contributed by atoms with Gasteiger partial charge in [-0.05, 0) is 98.6 Å². The molecule has 0 bridgehead atoms. The van der Waals surface area contributed by atoms with Gasteiger partial charge in [0.25, 0.3) is 0 Å². The third-order valence-electron chi connectivity index (χ3n) is 9.51. The topological polar surface area (TPSA) is 146 Å². The molecule has 3 aromatic carbocycles. The number of fused-ring (bicyclic) bond motifs is 1. The Balaban J connectivity index is 1.22. The van der Waals surface area contributed by atoms with Gasteiger partial charge in [0.15, 0.2) is 11.6 Å². The average molecular weight is 792 g/mol. The minimum absolute atomic E-state index is 0.0797. The van der Waals surface area contributed by atoms with Gasteiger partial charge in [-0.25, -0.2) is 13.6 Å². The molecule has 0 radical (unpaired) electrons. The van der Waals surface area contributed by atoms with Crippen molar-refractivity contribution in [3.8, 4) is 0 Å². The van der Waals surface area contributed by atoms with E-state index in [1.807, 2.05) is 16.7 Å². The third kappa shape index (κ3) is 10.4. The number of nitrogens with two attached hydrogens (primary N) is 1. The van der Waals surface area contributed by atoms with Crippen molar-refractivity contribution in [2.24, 2.45) is 5.73 Å². The zero-order valence-electron chi connectivity index (χ0n) is 30.0. The van der Waals surface area contributed by atoms with E-state index in [1.165, 1.54) is 6.07 Å². The Morgan fingerprint density at radius 1 is 0.855 bits per heavy atom. The summed E-state index contributed by atoms with van der Waals surface area (Å²) < 4.78 is 30.0. The number of amides is 4. The summed E-state index contributed by atoms with van der Waals surface area (Å²) in [6.07, 6.45) is 5.88. The van der Waals surface area contributed by atoms with Crippen molar-refractivity contribution >= 4 is 57.6 Å². The minimum Gasteiger partial charge on any atom is -0.349 e. The molecular weight excluding hydrogens is 749 g/mol. The number of nitrogens with one attached hydrogen (secondary N) is 4. The van der Waals surface area contributed by atoms with Crippen LogP contribution >= 0.6 is 23.2 Å². The largest absolute Gasteiger partial charge is 0.349 e. The number of anilines is 1. The maximum absolute atomic E-state index is 14.2. The lowest BCUT2D eigenvalue weighted by molar-refractivity contribution is -0.130. The van der Waals surface area contributed by atoms with Gasteiger partial charge in [-0.3, -0.25) is 19.5 Å². The van der Waals surface area contributed by atoms with Gasteiger partial charge < -0.3 is 31.6 Å². The van der Waals surface area contributed by atoms with Crippen LogP contribution in [-0.4, -0.2) is 64.0 Å². The van der Waals surface area contributed by atoms with Gasteiger partial charge in [0.2, 0.25) is 11.8 Å². The van der Waals surface area contributed by atoms with E-state index in [-0.39, 0.29) is 31.5 Å². The van der Waals surface area contributed by atoms with Crippen LogP contribution in [0.25, 0.3) is 10.9 Å². The molecule has 1 saturated heterocycles. The summed E-state index contributed by atoms with van der Waals surface area (Å²) in [5, 5.41) is 13.0. The highest BCUT2D eigenvalue weighted by Crippen LogP contribution is 2.31. The number of rotatable bonds is 15. The maximum atomic E-state index is 14.2. The van der Waals surface area contributed by atoms with Gasteiger partial charge in [-0.15, -0.1) is 0 Å². The summed E-state index contributed by atoms with van der Waals surface area (Å²) in [4.78, 5) is 47.1. The van der Waals surface area contributed by atoms with Gasteiger partial charge in [0, 0.05) is 52.0 Å². The highest BCUT2D eigenvalue weighted by molar-refractivity contribution is 6.36. The third-order valence-corrected chi connectivity index (χ3v) is 10.2. The number of halogens is 4. The molecular formula is C40H42Cl2F2N8O3. The summed E-state index contributed by atoms with van der Waals surface area (Å²) in [5.74, 6) is -3.38. The Morgan fingerprint density at radius 3 is 2.35 bits per heavy atom. The fourth-order valence-corrected chi connectivity index (χ4v) is 7.20. The molecule has 3 heterocycles. The number of nitrogens with zero attached hydrogens (tertiary/aromatic N) is 3. The molecule has 2 aromatic heterocycles. The molecule has 2 atom stereocenters. The predicted octanol–water partition coefficient (Wildman–Crippen LogP) is 6.15. The Morgan fingerprint density at radius 2 is 1.64 bits per heavy atom. The normalized spacial score (nSPS) is 14.1. The maximum Gasteiger partial charge on any atom is 0.319 e. The molecule has 4 amide bonds. The highest BCUT2D eigenvalue weighted by Gasteiger charge is 2.28. The molecule has 55 heavy (non-hydrogen) atoms. The number of benzene rings is 3. The van der Waals surface area contributed by atoms with Crippen molar-refractivity contribution in [1.82, 2.24) is 30.4 Å². The number of hydrogen-bond donors (Lipinski definition) is 5. The van der Waals surface area contributed by atoms with E-state index in [2.05, 4.69) is 37.3 Å². The number of carbonyl (C=O) groups is 3. The number of likely N-dealkylation sites (tertiary alicyclic amines) is 1. The van der Waals surface area contributed by atoms with Crippen LogP contribution in [-0.2, 0) is 35.6 Å². The summed E-state index contributed by atoms with van der Waals surface area (Å²) in [5.41, 5.74) is 9.79. The lowest BCUT2D eigenvalue weighted by Gasteiger charge is -2.23. The molecule has 0 saturated carbocycles. The van der Waals surface area contributed by atoms with Gasteiger partial charge in [0.05, 0.1) is 24.3 Å². The van der Waals surface area contributed by atoms with E-state index < -0.39 is 41.6 Å². The van der Waals surface area contributed by atoms with Crippen molar-refractivity contribution in [3.05, 3.63) is 129 Å². The van der Waals surface area contributed by atoms with E-state index in [0.29, 0.717) is 28.0 Å². The molecule has 288 valence electrons. The van der Waals surface area contributed by atoms with Crippen molar-refractivity contribution in [3.63, 3.8) is 0 Å². The van der Waals surface area contributed by atoms with Gasteiger partial charge in [0.1, 0.15) is 12.1 Å². The summed E-state index contributed by atoms with van der Waals surface area (Å²) in [7, 11) is 0. The second-order valence-electron chi connectivity index (χ2n) is 13.5. The summed E-state index contributed by atoms with van der Waals surface area (Å²) >= 11 is 13.1. The molecule has 1 aliphatic heterocycles. The monoisotopic (exact) mass is 790 g/mol. The Labute approximate surface area is 327 Å². The van der Waals surface area contributed by atoms with Crippen LogP contribution in [0.1, 0.15) is 41.6 Å². The smallest absolute Gasteiger partial charge is 0.319 e. The molecule has 1 fully saturated rings. The van der Waals surface area contributed by atoms with Crippen LogP contribution < -0.4 is 27.0 Å². The zero-order valence-corrected chi connectivity index (χ0v) is 31.5. The van der Waals surface area contributed by atoms with E-state index >= 15 is 0 Å². The van der Waals surface area contributed by atoms with Gasteiger partial charge >= 0.3 is 6.03 Å². The quantitative estimate of drug-likeness (QED) is 0.0861. The number of hydrogen-bond acceptors (Lipinski definition) is 6. The first kappa shape index (κ1) is 39.6. The molecule has 0 spiro atoms. The van der Waals surface area contributed by atoms with Crippen LogP contribution in [0, 0.1) is 11.6 Å². The molecule has 6 rings (SSSR count). The predicted molar refractivity (Wildman–Crippen MR) is 210 cm³/mol. The highest BCUT2D eigenvalue weighted by atomic mass is 35.5. The number of carbonyl (C=O) groups excluding carboxylic acids is 3. The first-order valence-corrected chi connectivity index (χ1v) is 18.8. The first-order valence-electron chi connectivity index (χ1n) is 18.0. The minimum atomic E-state index is -1.30. The Kier molecular flexibility index (Phi) is 13.3. The Hall–Kier alpha value is -5.08. The molecule has 0 unspecified atom stereocenters. The van der Waals surface area contributed by atoms with Crippen LogP contribution in [0.5, 0.6) is 0 Å². The van der Waals surface area contributed by atoms with Gasteiger partial charge in [-0.1, -0.05) is 47.5 Å². The SMILES string of the molecule is NCC[C@H](NC(=O)[C@H](Cc1ccc(F)c(F)c1)NC(=O)Nc1ccc2c(CN3CCCC3)cn(Cc3c(Cl)cccc3Cl)c2c1)C(=O)NCc1ccccn1. The number of aromatic nitrogens is 2. The van der Waals surface area contributed by atoms with Crippen LogP contribution in [0.3, 0.4) is 0 Å². The van der Waals surface area contributed by atoms with Crippen molar-refractivity contribution in [2.45, 2.75) is 57.4 Å². The van der Waals surface area contributed by atoms with Crippen molar-refractivity contribution in [1.29, 1.82) is 0 Å². The summed E-state index contributed by atoms with van der Waals surface area (Å²) in [6, 6.07) is 16.3. The lowest BCUT2D eigenvalue weighted by atomic mass is 10.0. The number of pyridine rings is 1. The van der Waals surface area contributed by atoms with Gasteiger partial charge in [-0.2, -0.15) is 0 Å². The fraction of sp³-hybridized carbons (Fsp3) is 0.300. The van der Waals surface area contributed by atoms with Crippen LogP contribution in [0.2, 0.25) is 10.0 Å². The van der Waals surface area contributed by atoms with E-state index in [0.717, 1.165) is 66.6 Å². The fourth-order valence-electron chi connectivity index (χ4n) is 6.69. The van der Waals surface area contributed by atoms with Crippen molar-refractivity contribution in [2.75, 3.05) is 25.0 Å². The zero-order chi connectivity index (χ0) is 38.9.